The molecule has 0 amide bonds. The van der Waals surface area contributed by atoms with Gasteiger partial charge in [-0.1, -0.05) is 36.4 Å². The summed E-state index contributed by atoms with van der Waals surface area (Å²) in [5, 5.41) is 35.0. The maximum absolute atomic E-state index is 12.4. The summed E-state index contributed by atoms with van der Waals surface area (Å²) in [7, 11) is 2.67. The van der Waals surface area contributed by atoms with Gasteiger partial charge in [-0.2, -0.15) is 20.4 Å². The van der Waals surface area contributed by atoms with Crippen LogP contribution in [0.5, 0.6) is 11.5 Å². The largest absolute Gasteiger partial charge is 1.00 e. The molecule has 0 aliphatic carbocycles. The van der Waals surface area contributed by atoms with Crippen molar-refractivity contribution in [3.8, 4) is 56.8 Å². The molecule has 23 nitrogen and oxygen atoms in total. The van der Waals surface area contributed by atoms with Gasteiger partial charge in [0.15, 0.2) is 23.1 Å². The molecule has 0 bridgehead atoms. The Morgan fingerprint density at radius 3 is 1.65 bits per heavy atom. The summed E-state index contributed by atoms with van der Waals surface area (Å²) in [6, 6.07) is 21.8. The maximum Gasteiger partial charge on any atom is 1.00 e. The number of benzene rings is 2. The number of carbonyl (C=O) groups excluding carboxylic acids is 1. The van der Waals surface area contributed by atoms with Gasteiger partial charge in [-0.05, 0) is 35.4 Å². The van der Waals surface area contributed by atoms with E-state index in [1.807, 2.05) is 75.0 Å². The van der Waals surface area contributed by atoms with Gasteiger partial charge in [0.05, 0.1) is 109 Å². The molecule has 2 N–H and O–H groups in total. The summed E-state index contributed by atoms with van der Waals surface area (Å²) in [6.45, 7) is 10.5. The van der Waals surface area contributed by atoms with E-state index in [2.05, 4.69) is 50.1 Å². The van der Waals surface area contributed by atoms with Crippen LogP contribution in [-0.4, -0.2) is 161 Å². The minimum atomic E-state index is -1.00. The zero-order valence-corrected chi connectivity index (χ0v) is 59.0. The third-order valence-electron chi connectivity index (χ3n) is 11.5. The predicted octanol–water partition coefficient (Wildman–Crippen LogP) is -7.00. The number of nitrogens with zero attached hydrogens (tertiary/aromatic N) is 13. The number of halogens is 3. The third-order valence-corrected chi connectivity index (χ3v) is 11.7. The molecule has 80 heavy (non-hydrogen) atoms. The fourth-order valence-corrected chi connectivity index (χ4v) is 7.94. The molecule has 0 unspecified atom stereocenters. The van der Waals surface area contributed by atoms with E-state index in [4.69, 9.17) is 37.2 Å². The summed E-state index contributed by atoms with van der Waals surface area (Å²) >= 11 is 5.57. The first kappa shape index (κ1) is 68.8. The molecular formula is C52H61Cl2Cs2FN14O9. The molecule has 2 aliphatic heterocycles. The average Bonchev–Trinajstić information content (AvgIpc) is 4.12. The molecule has 8 heterocycles. The van der Waals surface area contributed by atoms with Gasteiger partial charge in [-0.25, -0.2) is 29.3 Å². The minimum absolute atomic E-state index is 0. The van der Waals surface area contributed by atoms with Crippen molar-refractivity contribution < 1.29 is 197 Å². The van der Waals surface area contributed by atoms with Gasteiger partial charge in [0.25, 0.3) is 17.6 Å². The van der Waals surface area contributed by atoms with E-state index in [1.54, 1.807) is 51.2 Å². The number of rotatable bonds is 15. The number of hydrogen-bond acceptors (Lipinski definition) is 18. The molecule has 416 valence electrons. The number of nitrogens with one attached hydrogen (secondary N) is 1. The van der Waals surface area contributed by atoms with Crippen LogP contribution in [0, 0.1) is 0 Å². The monoisotopic (exact) mass is 1380 g/mol. The molecule has 0 spiro atoms. The number of ether oxygens (including phenoxy) is 3. The van der Waals surface area contributed by atoms with Crippen LogP contribution in [0.3, 0.4) is 0 Å². The number of alkyl halides is 2. The van der Waals surface area contributed by atoms with E-state index >= 15 is 0 Å². The first-order valence-corrected chi connectivity index (χ1v) is 24.7. The van der Waals surface area contributed by atoms with E-state index in [9.17, 15) is 19.1 Å². The molecule has 28 heteroatoms. The van der Waals surface area contributed by atoms with Crippen molar-refractivity contribution in [3.05, 3.63) is 154 Å². The number of hydrogen-bond donors (Lipinski definition) is 2. The smallest absolute Gasteiger partial charge is 1.00 e. The second-order valence-electron chi connectivity index (χ2n) is 16.9. The Balaban J connectivity index is 0.000000432. The van der Waals surface area contributed by atoms with Gasteiger partial charge in [0.1, 0.15) is 19.7 Å². The van der Waals surface area contributed by atoms with Gasteiger partial charge in [-0.3, -0.25) is 33.0 Å². The summed E-state index contributed by atoms with van der Waals surface area (Å²) in [4.78, 5) is 57.0. The normalized spacial score (nSPS) is 12.9. The molecule has 0 saturated carbocycles. The molecular weight excluding hydrogens is 1320 g/mol. The zero-order valence-electron chi connectivity index (χ0n) is 46.9. The van der Waals surface area contributed by atoms with Gasteiger partial charge >= 0.3 is 138 Å². The summed E-state index contributed by atoms with van der Waals surface area (Å²) in [5.41, 5.74) is 6.20. The molecule has 2 saturated heterocycles. The fourth-order valence-electron chi connectivity index (χ4n) is 7.67. The van der Waals surface area contributed by atoms with E-state index < -0.39 is 7.15 Å². The van der Waals surface area contributed by atoms with E-state index in [0.29, 0.717) is 48.5 Å². The molecule has 2 aliphatic rings. The van der Waals surface area contributed by atoms with E-state index in [-0.39, 0.29) is 175 Å². The molecule has 6 aromatic heterocycles. The molecule has 10 rings (SSSR count). The predicted molar refractivity (Wildman–Crippen MR) is 281 cm³/mol. The van der Waals surface area contributed by atoms with Gasteiger partial charge < -0.3 is 48.2 Å². The average molecular weight is 1380 g/mol. The topological polar surface area (TPSA) is 262 Å². The Hall–Kier alpha value is -3.74. The van der Waals surface area contributed by atoms with Crippen LogP contribution in [0.4, 0.5) is 4.39 Å². The number of aromatic nitrogens is 12. The minimum Gasteiger partial charge on any atom is -1.00 e. The first-order valence-electron chi connectivity index (χ1n) is 24.8. The third kappa shape index (κ3) is 23.5. The van der Waals surface area contributed by atoms with Crippen molar-refractivity contribution in [2.24, 2.45) is 14.1 Å². The van der Waals surface area contributed by atoms with Crippen molar-refractivity contribution in [2.45, 2.75) is 13.1 Å². The van der Waals surface area contributed by atoms with Crippen LogP contribution in [0.2, 0.25) is 0 Å². The summed E-state index contributed by atoms with van der Waals surface area (Å²) < 4.78 is 38.1. The second-order valence-corrected chi connectivity index (χ2v) is 17.3. The van der Waals surface area contributed by atoms with Crippen LogP contribution in [-0.2, 0) is 46.3 Å². The fraction of sp³-hybridized carbons (Fsp3) is 0.327. The van der Waals surface area contributed by atoms with Crippen molar-refractivity contribution in [2.75, 3.05) is 85.3 Å². The Bertz CT molecular complexity index is 3200. The van der Waals surface area contributed by atoms with Crippen LogP contribution in [0.1, 0.15) is 13.9 Å². The Morgan fingerprint density at radius 1 is 0.750 bits per heavy atom. The van der Waals surface area contributed by atoms with Crippen LogP contribution in [0.15, 0.2) is 132 Å². The van der Waals surface area contributed by atoms with Crippen LogP contribution >= 0.6 is 11.6 Å². The van der Waals surface area contributed by atoms with Gasteiger partial charge in [-0.15, -0.1) is 11.6 Å². The number of aromatic hydroxyl groups is 1. The Morgan fingerprint density at radius 2 is 1.21 bits per heavy atom. The standard InChI is InChI=1S/C25H27N7O3.C19H16N6O2.C6H12ClNO.CH3F.CH2O3.ClH.2Cs.H/c1-30-18-21(14-28-30)23-5-6-24(33)32(29-23)17-19-3-2-4-20(13-19)25-26-15-22(16-27-25)35-12-9-31-7-10-34-11-8-31;1-24-12-15(8-22-24)17-5-6-18(27)25(23-17)11-13-3-2-4-14(7-13)19-20-9-16(26)10-21-19;7-1-2-8-3-5-9-6-4-8;1-2;2-1-4-3;;;;/h2-6,13-16,18H,7-12,17H2,1H3;2-10,12,26H,11H2,1H3;1-6H2;1H3;1,3H;1H;;;/q;;;;;;2*+1;-1/p-1/i;;;1D;;;;;. The van der Waals surface area contributed by atoms with E-state index in [0.717, 1.165) is 105 Å². The van der Waals surface area contributed by atoms with Crippen molar-refractivity contribution in [1.82, 2.24) is 64.0 Å². The molecule has 2 fully saturated rings. The Labute approximate surface area is 593 Å². The molecule has 0 radical (unpaired) electrons. The van der Waals surface area contributed by atoms with Crippen molar-refractivity contribution >= 4 is 18.1 Å². The van der Waals surface area contributed by atoms with Crippen LogP contribution < -0.4 is 176 Å². The maximum atomic E-state index is 12.4. The number of aryl methyl sites for hydroxylation is 2. The zero-order chi connectivity index (χ0) is 55.5. The first-order chi connectivity index (χ1) is 38.0. The second kappa shape index (κ2) is 38.9. The quantitative estimate of drug-likeness (QED) is 0.0418. The molecule has 8 aromatic rings. The molecule has 0 atom stereocenters. The van der Waals surface area contributed by atoms with Crippen molar-refractivity contribution in [1.29, 1.82) is 0 Å². The SMILES string of the molecule is ClCC[NH+]1CCOCC1.Cn1cc(-c2ccc(=O)n(Cc3cccc(-c4ncc(O)cn4)c3)n2)cn1.Cn1cc(-c2ccc(=O)n(Cc3cccc(-c4ncc(OCCN5CCOCC5)cn4)c3)n2)cn1.O=CO[O-].[2H]CF.[Cl-].[Cs+].[Cs+].[H-]. The van der Waals surface area contributed by atoms with Crippen LogP contribution in [0.25, 0.3) is 45.3 Å². The van der Waals surface area contributed by atoms with Gasteiger partial charge in [0, 0.05) is 80.5 Å². The van der Waals surface area contributed by atoms with E-state index in [1.165, 1.54) is 33.9 Å². The number of carbonyl (C=O) groups is 1. The number of quaternary nitrogens is 1. The van der Waals surface area contributed by atoms with Gasteiger partial charge in [0.2, 0.25) is 0 Å². The molecule has 2 aromatic carbocycles. The summed E-state index contributed by atoms with van der Waals surface area (Å²) in [6.07, 6.45) is 13.2. The summed E-state index contributed by atoms with van der Waals surface area (Å²) in [5.74, 6) is 2.52. The van der Waals surface area contributed by atoms with Crippen molar-refractivity contribution in [3.63, 3.8) is 0 Å². The Kier molecular flexibility index (Phi) is 33.5. The number of morpholine rings is 2.